The Balaban J connectivity index is 2.71. The SMILES string of the molecule is CC(C)OC(=O)c1ccc(CBr)cc1. The maximum Gasteiger partial charge on any atom is 0.338 e. The number of carbonyl (C=O) groups is 1. The number of hydrogen-bond acceptors (Lipinski definition) is 2. The fraction of sp³-hybridized carbons (Fsp3) is 0.364. The van der Waals surface area contributed by atoms with Gasteiger partial charge in [-0.3, -0.25) is 0 Å². The fourth-order valence-electron chi connectivity index (χ4n) is 1.01. The highest BCUT2D eigenvalue weighted by atomic mass is 79.9. The van der Waals surface area contributed by atoms with Crippen LogP contribution in [0.5, 0.6) is 0 Å². The molecule has 2 nitrogen and oxygen atoms in total. The molecule has 0 aromatic heterocycles. The molecule has 0 spiro atoms. The lowest BCUT2D eigenvalue weighted by Crippen LogP contribution is -2.11. The van der Waals surface area contributed by atoms with E-state index in [4.69, 9.17) is 4.74 Å². The molecule has 76 valence electrons. The van der Waals surface area contributed by atoms with E-state index in [1.807, 2.05) is 26.0 Å². The minimum atomic E-state index is -0.263. The summed E-state index contributed by atoms with van der Waals surface area (Å²) in [6.07, 6.45) is -0.0710. The number of ether oxygens (including phenoxy) is 1. The van der Waals surface area contributed by atoms with Crippen LogP contribution in [0.25, 0.3) is 0 Å². The predicted octanol–water partition coefficient (Wildman–Crippen LogP) is 3.15. The number of halogens is 1. The number of alkyl halides is 1. The molecule has 0 fully saturated rings. The zero-order chi connectivity index (χ0) is 10.6. The van der Waals surface area contributed by atoms with Gasteiger partial charge in [-0.25, -0.2) is 4.79 Å². The Labute approximate surface area is 92.4 Å². The molecule has 1 rings (SSSR count). The lowest BCUT2D eigenvalue weighted by Gasteiger charge is -2.07. The third kappa shape index (κ3) is 3.14. The summed E-state index contributed by atoms with van der Waals surface area (Å²) in [5.41, 5.74) is 1.74. The second-order valence-electron chi connectivity index (χ2n) is 3.28. The van der Waals surface area contributed by atoms with Crippen LogP contribution in [0.2, 0.25) is 0 Å². The smallest absolute Gasteiger partial charge is 0.338 e. The van der Waals surface area contributed by atoms with Gasteiger partial charge < -0.3 is 4.74 Å². The van der Waals surface area contributed by atoms with Gasteiger partial charge in [0.15, 0.2) is 0 Å². The molecule has 0 aliphatic carbocycles. The number of benzene rings is 1. The Hall–Kier alpha value is -0.830. The summed E-state index contributed by atoms with van der Waals surface area (Å²) in [6.45, 7) is 3.68. The summed E-state index contributed by atoms with van der Waals surface area (Å²) >= 11 is 3.34. The van der Waals surface area contributed by atoms with Crippen LogP contribution in [-0.4, -0.2) is 12.1 Å². The minimum Gasteiger partial charge on any atom is -0.459 e. The third-order valence-electron chi connectivity index (χ3n) is 1.69. The third-order valence-corrected chi connectivity index (χ3v) is 2.33. The van der Waals surface area contributed by atoms with Crippen molar-refractivity contribution in [1.82, 2.24) is 0 Å². The van der Waals surface area contributed by atoms with Crippen molar-refractivity contribution in [2.75, 3.05) is 0 Å². The number of rotatable bonds is 3. The van der Waals surface area contributed by atoms with Crippen LogP contribution >= 0.6 is 15.9 Å². The Kier molecular flexibility index (Phi) is 4.14. The summed E-state index contributed by atoms with van der Waals surface area (Å²) in [7, 11) is 0. The van der Waals surface area contributed by atoms with Crippen molar-refractivity contribution in [3.8, 4) is 0 Å². The Morgan fingerprint density at radius 1 is 1.36 bits per heavy atom. The lowest BCUT2D eigenvalue weighted by molar-refractivity contribution is 0.0378. The standard InChI is InChI=1S/C11H13BrO2/c1-8(2)14-11(13)10-5-3-9(7-12)4-6-10/h3-6,8H,7H2,1-2H3. The van der Waals surface area contributed by atoms with Crippen LogP contribution in [0.15, 0.2) is 24.3 Å². The van der Waals surface area contributed by atoms with Gasteiger partial charge >= 0.3 is 5.97 Å². The number of carbonyl (C=O) groups excluding carboxylic acids is 1. The maximum absolute atomic E-state index is 11.4. The van der Waals surface area contributed by atoms with E-state index in [0.29, 0.717) is 5.56 Å². The van der Waals surface area contributed by atoms with Crippen molar-refractivity contribution >= 4 is 21.9 Å². The molecule has 0 heterocycles. The first kappa shape index (κ1) is 11.2. The molecule has 0 N–H and O–H groups in total. The highest BCUT2D eigenvalue weighted by Crippen LogP contribution is 2.09. The molecule has 0 saturated carbocycles. The van der Waals surface area contributed by atoms with Gasteiger partial charge in [-0.2, -0.15) is 0 Å². The number of hydrogen-bond donors (Lipinski definition) is 0. The van der Waals surface area contributed by atoms with E-state index in [1.54, 1.807) is 12.1 Å². The second-order valence-corrected chi connectivity index (χ2v) is 3.85. The summed E-state index contributed by atoms with van der Waals surface area (Å²) in [5, 5.41) is 0.798. The molecule has 0 aliphatic rings. The van der Waals surface area contributed by atoms with Gasteiger partial charge in [0, 0.05) is 5.33 Å². The van der Waals surface area contributed by atoms with Crippen molar-refractivity contribution in [1.29, 1.82) is 0 Å². The van der Waals surface area contributed by atoms with E-state index in [0.717, 1.165) is 10.9 Å². The van der Waals surface area contributed by atoms with E-state index in [-0.39, 0.29) is 12.1 Å². The molecule has 0 radical (unpaired) electrons. The highest BCUT2D eigenvalue weighted by molar-refractivity contribution is 9.08. The average molecular weight is 257 g/mol. The van der Waals surface area contributed by atoms with Crippen LogP contribution in [0.3, 0.4) is 0 Å². The van der Waals surface area contributed by atoms with Gasteiger partial charge in [0.25, 0.3) is 0 Å². The van der Waals surface area contributed by atoms with E-state index >= 15 is 0 Å². The van der Waals surface area contributed by atoms with E-state index in [1.165, 1.54) is 0 Å². The van der Waals surface area contributed by atoms with Crippen molar-refractivity contribution in [2.45, 2.75) is 25.3 Å². The van der Waals surface area contributed by atoms with Crippen molar-refractivity contribution in [2.24, 2.45) is 0 Å². The molecule has 0 amide bonds. The molecule has 1 aromatic carbocycles. The van der Waals surface area contributed by atoms with Crippen LogP contribution in [0.4, 0.5) is 0 Å². The molecule has 14 heavy (non-hydrogen) atoms. The van der Waals surface area contributed by atoms with Gasteiger partial charge in [0.2, 0.25) is 0 Å². The Bertz CT molecular complexity index is 304. The number of esters is 1. The first-order valence-corrected chi connectivity index (χ1v) is 5.61. The summed E-state index contributed by atoms with van der Waals surface area (Å²) in [6, 6.07) is 7.37. The molecule has 0 aliphatic heterocycles. The van der Waals surface area contributed by atoms with Gasteiger partial charge in [-0.05, 0) is 31.5 Å². The van der Waals surface area contributed by atoms with Crippen LogP contribution in [0, 0.1) is 0 Å². The molecular weight excluding hydrogens is 244 g/mol. The average Bonchev–Trinajstić information content (AvgIpc) is 2.17. The topological polar surface area (TPSA) is 26.3 Å². The van der Waals surface area contributed by atoms with Crippen LogP contribution in [0.1, 0.15) is 29.8 Å². The van der Waals surface area contributed by atoms with Crippen molar-refractivity contribution < 1.29 is 9.53 Å². The van der Waals surface area contributed by atoms with Crippen molar-refractivity contribution in [3.05, 3.63) is 35.4 Å². The van der Waals surface area contributed by atoms with Gasteiger partial charge in [-0.15, -0.1) is 0 Å². The first-order valence-electron chi connectivity index (χ1n) is 4.49. The van der Waals surface area contributed by atoms with E-state index < -0.39 is 0 Å². The summed E-state index contributed by atoms with van der Waals surface area (Å²) in [5.74, 6) is -0.263. The van der Waals surface area contributed by atoms with Crippen molar-refractivity contribution in [3.63, 3.8) is 0 Å². The van der Waals surface area contributed by atoms with Crippen LogP contribution < -0.4 is 0 Å². The molecule has 3 heteroatoms. The zero-order valence-corrected chi connectivity index (χ0v) is 9.87. The Morgan fingerprint density at radius 2 is 1.93 bits per heavy atom. The maximum atomic E-state index is 11.4. The second kappa shape index (κ2) is 5.15. The first-order chi connectivity index (χ1) is 6.63. The summed E-state index contributed by atoms with van der Waals surface area (Å²) in [4.78, 5) is 11.4. The quantitative estimate of drug-likeness (QED) is 0.614. The zero-order valence-electron chi connectivity index (χ0n) is 8.29. The normalized spacial score (nSPS) is 10.3. The van der Waals surface area contributed by atoms with Gasteiger partial charge in [0.05, 0.1) is 11.7 Å². The predicted molar refractivity (Wildman–Crippen MR) is 59.6 cm³/mol. The van der Waals surface area contributed by atoms with Gasteiger partial charge in [0.1, 0.15) is 0 Å². The molecule has 0 atom stereocenters. The lowest BCUT2D eigenvalue weighted by atomic mass is 10.1. The fourth-order valence-corrected chi connectivity index (χ4v) is 1.39. The monoisotopic (exact) mass is 256 g/mol. The van der Waals surface area contributed by atoms with E-state index in [9.17, 15) is 4.79 Å². The van der Waals surface area contributed by atoms with E-state index in [2.05, 4.69) is 15.9 Å². The molecular formula is C11H13BrO2. The molecule has 0 bridgehead atoms. The minimum absolute atomic E-state index is 0.0710. The Morgan fingerprint density at radius 3 is 2.36 bits per heavy atom. The molecule has 0 unspecified atom stereocenters. The molecule has 0 saturated heterocycles. The van der Waals surface area contributed by atoms with Gasteiger partial charge in [-0.1, -0.05) is 28.1 Å². The largest absolute Gasteiger partial charge is 0.459 e. The molecule has 1 aromatic rings. The summed E-state index contributed by atoms with van der Waals surface area (Å²) < 4.78 is 5.06. The van der Waals surface area contributed by atoms with Crippen LogP contribution in [-0.2, 0) is 10.1 Å². The highest BCUT2D eigenvalue weighted by Gasteiger charge is 2.07.